The van der Waals surface area contributed by atoms with Crippen LogP contribution < -0.4 is 0 Å². The maximum absolute atomic E-state index is 12.0. The first-order chi connectivity index (χ1) is 12.9. The summed E-state index contributed by atoms with van der Waals surface area (Å²) in [5.74, 6) is -0.0380. The molecule has 0 amide bonds. The summed E-state index contributed by atoms with van der Waals surface area (Å²) in [4.78, 5) is 4.57. The zero-order valence-electron chi connectivity index (χ0n) is 14.9. The molecule has 27 heavy (non-hydrogen) atoms. The standard InChI is InChI=1S/C21H20N2O3S/c1-27(25,26)14-8-6-13-7-9-17(21(24)18(13)10-14)20-16-5-3-2-4-15(16)19-11-22-12-23(19)20/h2-6,8,10-12,17,20-21,24H,7,9H2,1H3/t17-,20+,21-/m1/s1. The van der Waals surface area contributed by atoms with Gasteiger partial charge in [0.25, 0.3) is 0 Å². The van der Waals surface area contributed by atoms with Crippen molar-refractivity contribution in [3.8, 4) is 11.3 Å². The third kappa shape index (κ3) is 2.47. The molecular formula is C21H20N2O3S. The summed E-state index contributed by atoms with van der Waals surface area (Å²) >= 11 is 0. The van der Waals surface area contributed by atoms with E-state index in [9.17, 15) is 13.5 Å². The van der Waals surface area contributed by atoms with Crippen LogP contribution in [0.3, 0.4) is 0 Å². The molecule has 1 aliphatic carbocycles. The van der Waals surface area contributed by atoms with Crippen molar-refractivity contribution in [2.24, 2.45) is 5.92 Å². The van der Waals surface area contributed by atoms with Gasteiger partial charge in [-0.2, -0.15) is 0 Å². The predicted octanol–water partition coefficient (Wildman–Crippen LogP) is 3.15. The van der Waals surface area contributed by atoms with Crippen LogP contribution in [-0.4, -0.2) is 29.3 Å². The second-order valence-corrected chi connectivity index (χ2v) is 9.51. The Hall–Kier alpha value is -2.44. The summed E-state index contributed by atoms with van der Waals surface area (Å²) in [5, 5.41) is 11.2. The van der Waals surface area contributed by atoms with Crippen LogP contribution in [0.1, 0.15) is 35.3 Å². The monoisotopic (exact) mass is 380 g/mol. The second kappa shape index (κ2) is 5.78. The Bertz CT molecular complexity index is 1150. The summed E-state index contributed by atoms with van der Waals surface area (Å²) in [5.41, 5.74) is 5.19. The van der Waals surface area contributed by atoms with Crippen LogP contribution in [0.2, 0.25) is 0 Å². The summed E-state index contributed by atoms with van der Waals surface area (Å²) in [6.07, 6.45) is 5.83. The van der Waals surface area contributed by atoms with Gasteiger partial charge in [-0.3, -0.25) is 0 Å². The molecule has 0 fully saturated rings. The molecular weight excluding hydrogens is 360 g/mol. The number of benzene rings is 2. The quantitative estimate of drug-likeness (QED) is 0.741. The highest BCUT2D eigenvalue weighted by Crippen LogP contribution is 2.49. The van der Waals surface area contributed by atoms with Crippen molar-refractivity contribution in [2.75, 3.05) is 6.26 Å². The van der Waals surface area contributed by atoms with E-state index in [0.717, 1.165) is 35.2 Å². The normalized spacial score (nSPS) is 23.6. The van der Waals surface area contributed by atoms with Gasteiger partial charge in [0.1, 0.15) is 0 Å². The zero-order valence-corrected chi connectivity index (χ0v) is 15.7. The fraction of sp³-hybridized carbons (Fsp3) is 0.286. The van der Waals surface area contributed by atoms with Gasteiger partial charge in [-0.1, -0.05) is 30.3 Å². The molecule has 5 nitrogen and oxygen atoms in total. The van der Waals surface area contributed by atoms with Crippen molar-refractivity contribution >= 4 is 9.84 Å². The lowest BCUT2D eigenvalue weighted by Gasteiger charge is -2.35. The lowest BCUT2D eigenvalue weighted by atomic mass is 9.76. The average molecular weight is 380 g/mol. The van der Waals surface area contributed by atoms with Gasteiger partial charge >= 0.3 is 0 Å². The number of imidazole rings is 1. The lowest BCUT2D eigenvalue weighted by molar-refractivity contribution is 0.0718. The molecule has 2 aromatic carbocycles. The molecule has 138 valence electrons. The Morgan fingerprint density at radius 2 is 1.96 bits per heavy atom. The van der Waals surface area contributed by atoms with Crippen LogP contribution in [0.4, 0.5) is 0 Å². The first kappa shape index (κ1) is 16.7. The molecule has 0 radical (unpaired) electrons. The molecule has 1 aromatic heterocycles. The smallest absolute Gasteiger partial charge is 0.175 e. The fourth-order valence-corrected chi connectivity index (χ4v) is 5.31. The van der Waals surface area contributed by atoms with Gasteiger partial charge < -0.3 is 9.67 Å². The number of aliphatic hydroxyl groups is 1. The number of hydrogen-bond acceptors (Lipinski definition) is 4. The molecule has 0 spiro atoms. The third-order valence-corrected chi connectivity index (χ3v) is 7.05. The zero-order chi connectivity index (χ0) is 18.8. The van der Waals surface area contributed by atoms with Crippen LogP contribution in [0.25, 0.3) is 11.3 Å². The van der Waals surface area contributed by atoms with E-state index in [-0.39, 0.29) is 16.9 Å². The third-order valence-electron chi connectivity index (χ3n) is 5.94. The molecule has 6 heteroatoms. The van der Waals surface area contributed by atoms with Gasteiger partial charge in [-0.15, -0.1) is 0 Å². The number of fused-ring (bicyclic) bond motifs is 4. The van der Waals surface area contributed by atoms with Gasteiger partial charge in [0.2, 0.25) is 0 Å². The minimum absolute atomic E-state index is 0.00346. The summed E-state index contributed by atoms with van der Waals surface area (Å²) in [6, 6.07) is 13.4. The number of nitrogens with zero attached hydrogens (tertiary/aromatic N) is 2. The number of hydrogen-bond donors (Lipinski definition) is 1. The minimum atomic E-state index is -3.31. The highest BCUT2D eigenvalue weighted by Gasteiger charge is 2.40. The predicted molar refractivity (Wildman–Crippen MR) is 102 cm³/mol. The fourth-order valence-electron chi connectivity index (χ4n) is 4.66. The topological polar surface area (TPSA) is 72.2 Å². The van der Waals surface area contributed by atoms with E-state index in [1.54, 1.807) is 12.1 Å². The van der Waals surface area contributed by atoms with Gasteiger partial charge in [0.15, 0.2) is 9.84 Å². The van der Waals surface area contributed by atoms with E-state index in [2.05, 4.69) is 21.7 Å². The lowest BCUT2D eigenvalue weighted by Crippen LogP contribution is -2.28. The Balaban J connectivity index is 1.61. The second-order valence-electron chi connectivity index (χ2n) is 7.50. The van der Waals surface area contributed by atoms with E-state index < -0.39 is 15.9 Å². The van der Waals surface area contributed by atoms with Crippen molar-refractivity contribution in [3.05, 3.63) is 71.7 Å². The van der Waals surface area contributed by atoms with Crippen molar-refractivity contribution in [3.63, 3.8) is 0 Å². The van der Waals surface area contributed by atoms with Crippen molar-refractivity contribution < 1.29 is 13.5 Å². The first-order valence-corrected chi connectivity index (χ1v) is 11.0. The number of aliphatic hydroxyl groups excluding tert-OH is 1. The molecule has 0 unspecified atom stereocenters. The number of aromatic nitrogens is 2. The van der Waals surface area contributed by atoms with Gasteiger partial charge in [0.05, 0.1) is 35.3 Å². The molecule has 5 rings (SSSR count). The maximum atomic E-state index is 12.0. The first-order valence-electron chi connectivity index (χ1n) is 9.07. The SMILES string of the molecule is CS(=O)(=O)c1ccc2c(c1)[C@H](O)[C@@H]([C@@H]1c3ccccc3-c3cncn31)CC2. The Labute approximate surface area is 158 Å². The summed E-state index contributed by atoms with van der Waals surface area (Å²) in [6.45, 7) is 0. The van der Waals surface area contributed by atoms with E-state index in [1.807, 2.05) is 30.7 Å². The number of rotatable bonds is 2. The van der Waals surface area contributed by atoms with E-state index in [4.69, 9.17) is 0 Å². The molecule has 0 bridgehead atoms. The number of aryl methyl sites for hydroxylation is 1. The van der Waals surface area contributed by atoms with Gasteiger partial charge in [0, 0.05) is 17.7 Å². The highest BCUT2D eigenvalue weighted by molar-refractivity contribution is 7.90. The van der Waals surface area contributed by atoms with Gasteiger partial charge in [-0.25, -0.2) is 13.4 Å². The number of sulfone groups is 1. The summed E-state index contributed by atoms with van der Waals surface area (Å²) in [7, 11) is -3.31. The summed E-state index contributed by atoms with van der Waals surface area (Å²) < 4.78 is 26.1. The van der Waals surface area contributed by atoms with Crippen LogP contribution in [-0.2, 0) is 16.3 Å². The van der Waals surface area contributed by atoms with Crippen molar-refractivity contribution in [2.45, 2.75) is 29.9 Å². The van der Waals surface area contributed by atoms with Crippen LogP contribution in [0.5, 0.6) is 0 Å². The highest BCUT2D eigenvalue weighted by atomic mass is 32.2. The Morgan fingerprint density at radius 3 is 2.78 bits per heavy atom. The molecule has 2 heterocycles. The Kier molecular flexibility index (Phi) is 3.58. The van der Waals surface area contributed by atoms with Crippen LogP contribution >= 0.6 is 0 Å². The largest absolute Gasteiger partial charge is 0.388 e. The van der Waals surface area contributed by atoms with E-state index in [1.165, 1.54) is 11.8 Å². The minimum Gasteiger partial charge on any atom is -0.388 e. The van der Waals surface area contributed by atoms with Crippen molar-refractivity contribution in [1.29, 1.82) is 0 Å². The van der Waals surface area contributed by atoms with Crippen LogP contribution in [0.15, 0.2) is 59.9 Å². The molecule has 1 N–H and O–H groups in total. The molecule has 3 atom stereocenters. The molecule has 0 saturated heterocycles. The molecule has 1 aliphatic heterocycles. The molecule has 2 aliphatic rings. The molecule has 0 saturated carbocycles. The average Bonchev–Trinajstić information content (AvgIpc) is 3.23. The van der Waals surface area contributed by atoms with E-state index >= 15 is 0 Å². The van der Waals surface area contributed by atoms with E-state index in [0.29, 0.717) is 0 Å². The van der Waals surface area contributed by atoms with Crippen molar-refractivity contribution in [1.82, 2.24) is 9.55 Å². The van der Waals surface area contributed by atoms with Gasteiger partial charge in [-0.05, 0) is 41.7 Å². The maximum Gasteiger partial charge on any atom is 0.175 e. The molecule has 3 aromatic rings. The van der Waals surface area contributed by atoms with Crippen LogP contribution in [0, 0.1) is 5.92 Å². The Morgan fingerprint density at radius 1 is 1.15 bits per heavy atom.